The second-order valence-corrected chi connectivity index (χ2v) is 7.85. The molecule has 0 unspecified atom stereocenters. The number of amides is 1. The standard InChI is InChI=1S/C21H22N2O2S2/c1-4-12-25-18-11-6-5-8-15(18)13-19-20(24)23(2)21(27-19)22-16-9-7-10-17(14-16)26-3/h5-11,13-14H,4,12H2,1-3H3/b19-13+,22-21?. The van der Waals surface area contributed by atoms with Gasteiger partial charge in [0.25, 0.3) is 5.91 Å². The molecule has 1 saturated heterocycles. The second kappa shape index (κ2) is 9.15. The summed E-state index contributed by atoms with van der Waals surface area (Å²) in [6.45, 7) is 2.72. The Morgan fingerprint density at radius 1 is 1.22 bits per heavy atom. The minimum absolute atomic E-state index is 0.0509. The van der Waals surface area contributed by atoms with Crippen molar-refractivity contribution in [1.82, 2.24) is 4.90 Å². The highest BCUT2D eigenvalue weighted by Gasteiger charge is 2.30. The van der Waals surface area contributed by atoms with Crippen LogP contribution >= 0.6 is 23.5 Å². The summed E-state index contributed by atoms with van der Waals surface area (Å²) in [5.41, 5.74) is 1.75. The predicted molar refractivity (Wildman–Crippen MR) is 116 cm³/mol. The van der Waals surface area contributed by atoms with E-state index in [-0.39, 0.29) is 5.91 Å². The molecule has 0 bridgehead atoms. The first-order chi connectivity index (χ1) is 13.1. The number of rotatable bonds is 6. The summed E-state index contributed by atoms with van der Waals surface area (Å²) in [4.78, 5) is 20.7. The van der Waals surface area contributed by atoms with Crippen LogP contribution in [0.4, 0.5) is 5.69 Å². The van der Waals surface area contributed by atoms with Gasteiger partial charge in [-0.2, -0.15) is 0 Å². The number of benzene rings is 2. The normalized spacial score (nSPS) is 17.1. The Hall–Kier alpha value is -2.18. The van der Waals surface area contributed by atoms with Crippen LogP contribution < -0.4 is 4.74 Å². The van der Waals surface area contributed by atoms with Gasteiger partial charge in [0, 0.05) is 17.5 Å². The van der Waals surface area contributed by atoms with Crippen molar-refractivity contribution in [2.75, 3.05) is 19.9 Å². The Balaban J connectivity index is 1.88. The van der Waals surface area contributed by atoms with Crippen LogP contribution in [0.2, 0.25) is 0 Å². The van der Waals surface area contributed by atoms with Crippen LogP contribution in [0.3, 0.4) is 0 Å². The molecule has 0 radical (unpaired) electrons. The second-order valence-electron chi connectivity index (χ2n) is 5.96. The van der Waals surface area contributed by atoms with Gasteiger partial charge in [-0.05, 0) is 54.8 Å². The Bertz CT molecular complexity index is 893. The van der Waals surface area contributed by atoms with Gasteiger partial charge in [-0.1, -0.05) is 31.2 Å². The summed E-state index contributed by atoms with van der Waals surface area (Å²) in [7, 11) is 1.76. The lowest BCUT2D eigenvalue weighted by Gasteiger charge is -2.08. The molecule has 140 valence electrons. The van der Waals surface area contributed by atoms with E-state index in [1.807, 2.05) is 60.9 Å². The van der Waals surface area contributed by atoms with Crippen molar-refractivity contribution in [2.24, 2.45) is 4.99 Å². The van der Waals surface area contributed by atoms with E-state index in [2.05, 4.69) is 11.9 Å². The quantitative estimate of drug-likeness (QED) is 0.480. The number of amidine groups is 1. The summed E-state index contributed by atoms with van der Waals surface area (Å²) < 4.78 is 5.80. The van der Waals surface area contributed by atoms with Gasteiger partial charge < -0.3 is 4.74 Å². The number of thioether (sulfide) groups is 2. The SMILES string of the molecule is CCCOc1ccccc1/C=C1/SC(=Nc2cccc(SC)c2)N(C)C1=O. The molecule has 27 heavy (non-hydrogen) atoms. The number of carbonyl (C=O) groups excluding carboxylic acids is 1. The fraction of sp³-hybridized carbons (Fsp3) is 0.238. The average Bonchev–Trinajstić information content (AvgIpc) is 2.95. The van der Waals surface area contributed by atoms with Crippen LogP contribution in [-0.4, -0.2) is 35.9 Å². The van der Waals surface area contributed by atoms with Crippen LogP contribution in [0.1, 0.15) is 18.9 Å². The van der Waals surface area contributed by atoms with Gasteiger partial charge in [0.2, 0.25) is 0 Å². The number of ether oxygens (including phenoxy) is 1. The highest BCUT2D eigenvalue weighted by Crippen LogP contribution is 2.35. The Labute approximate surface area is 168 Å². The van der Waals surface area contributed by atoms with Crippen LogP contribution in [-0.2, 0) is 4.79 Å². The van der Waals surface area contributed by atoms with Crippen LogP contribution in [0.25, 0.3) is 6.08 Å². The van der Waals surface area contributed by atoms with Gasteiger partial charge in [-0.25, -0.2) is 4.99 Å². The fourth-order valence-electron chi connectivity index (χ4n) is 2.53. The molecule has 0 saturated carbocycles. The van der Waals surface area contributed by atoms with Crippen LogP contribution in [0.15, 0.2) is 63.3 Å². The van der Waals surface area contributed by atoms with E-state index in [0.29, 0.717) is 16.7 Å². The maximum absolute atomic E-state index is 12.7. The van der Waals surface area contributed by atoms with Gasteiger partial charge in [0.15, 0.2) is 5.17 Å². The Morgan fingerprint density at radius 3 is 2.81 bits per heavy atom. The molecular formula is C21H22N2O2S2. The van der Waals surface area contributed by atoms with Crippen molar-refractivity contribution >= 4 is 46.4 Å². The zero-order chi connectivity index (χ0) is 19.2. The molecule has 6 heteroatoms. The van der Waals surface area contributed by atoms with Gasteiger partial charge >= 0.3 is 0 Å². The zero-order valence-electron chi connectivity index (χ0n) is 15.6. The molecule has 0 spiro atoms. The number of hydrogen-bond acceptors (Lipinski definition) is 5. The lowest BCUT2D eigenvalue weighted by atomic mass is 10.2. The van der Waals surface area contributed by atoms with Gasteiger partial charge in [0.1, 0.15) is 5.75 Å². The molecule has 4 nitrogen and oxygen atoms in total. The highest BCUT2D eigenvalue weighted by molar-refractivity contribution is 8.18. The van der Waals surface area contributed by atoms with Crippen molar-refractivity contribution in [3.63, 3.8) is 0 Å². The van der Waals surface area contributed by atoms with E-state index in [9.17, 15) is 4.79 Å². The topological polar surface area (TPSA) is 41.9 Å². The van der Waals surface area contributed by atoms with Crippen molar-refractivity contribution < 1.29 is 9.53 Å². The van der Waals surface area contributed by atoms with E-state index < -0.39 is 0 Å². The minimum Gasteiger partial charge on any atom is -0.493 e. The highest BCUT2D eigenvalue weighted by atomic mass is 32.2. The molecule has 1 fully saturated rings. The van der Waals surface area contributed by atoms with Crippen molar-refractivity contribution in [3.05, 3.63) is 59.0 Å². The third-order valence-corrected chi connectivity index (χ3v) is 5.73. The molecular weight excluding hydrogens is 376 g/mol. The maximum atomic E-state index is 12.7. The third-order valence-electron chi connectivity index (χ3n) is 3.95. The maximum Gasteiger partial charge on any atom is 0.266 e. The Morgan fingerprint density at radius 2 is 2.04 bits per heavy atom. The van der Waals surface area contributed by atoms with E-state index in [1.54, 1.807) is 23.7 Å². The first-order valence-corrected chi connectivity index (χ1v) is 10.8. The van der Waals surface area contributed by atoms with E-state index in [0.717, 1.165) is 28.3 Å². The first kappa shape index (κ1) is 19.6. The number of hydrogen-bond donors (Lipinski definition) is 0. The average molecular weight is 399 g/mol. The molecule has 0 N–H and O–H groups in total. The van der Waals surface area contributed by atoms with Crippen molar-refractivity contribution in [2.45, 2.75) is 18.2 Å². The molecule has 2 aromatic rings. The molecule has 0 atom stereocenters. The molecule has 1 heterocycles. The lowest BCUT2D eigenvalue weighted by molar-refractivity contribution is -0.121. The van der Waals surface area contributed by atoms with E-state index in [1.165, 1.54) is 11.8 Å². The monoisotopic (exact) mass is 398 g/mol. The predicted octanol–water partition coefficient (Wildman–Crippen LogP) is 5.43. The molecule has 1 aliphatic rings. The van der Waals surface area contributed by atoms with Crippen molar-refractivity contribution in [1.29, 1.82) is 0 Å². The smallest absolute Gasteiger partial charge is 0.266 e. The summed E-state index contributed by atoms with van der Waals surface area (Å²) in [5, 5.41) is 0.677. The zero-order valence-corrected chi connectivity index (χ0v) is 17.3. The minimum atomic E-state index is -0.0509. The summed E-state index contributed by atoms with van der Waals surface area (Å²) in [5.74, 6) is 0.742. The summed E-state index contributed by atoms with van der Waals surface area (Å²) in [6, 6.07) is 15.8. The van der Waals surface area contributed by atoms with E-state index >= 15 is 0 Å². The molecule has 3 rings (SSSR count). The lowest BCUT2D eigenvalue weighted by Crippen LogP contribution is -2.23. The molecule has 0 aliphatic carbocycles. The van der Waals surface area contributed by atoms with Gasteiger partial charge in [0.05, 0.1) is 17.2 Å². The number of para-hydroxylation sites is 1. The fourth-order valence-corrected chi connectivity index (χ4v) is 3.96. The third kappa shape index (κ3) is 4.76. The molecule has 1 aliphatic heterocycles. The first-order valence-electron chi connectivity index (χ1n) is 8.74. The molecule has 1 amide bonds. The number of likely N-dealkylation sites (N-methyl/N-ethyl adjacent to an activating group) is 1. The molecule has 0 aromatic heterocycles. The number of carbonyl (C=O) groups is 1. The van der Waals surface area contributed by atoms with Crippen molar-refractivity contribution in [3.8, 4) is 5.75 Å². The summed E-state index contributed by atoms with van der Waals surface area (Å²) in [6.07, 6.45) is 4.85. The Kier molecular flexibility index (Phi) is 6.63. The van der Waals surface area contributed by atoms with Crippen LogP contribution in [0.5, 0.6) is 5.75 Å². The molecule has 2 aromatic carbocycles. The number of aliphatic imine (C=N–C) groups is 1. The largest absolute Gasteiger partial charge is 0.493 e. The van der Waals surface area contributed by atoms with Gasteiger partial charge in [-0.3, -0.25) is 9.69 Å². The van der Waals surface area contributed by atoms with Crippen LogP contribution in [0, 0.1) is 0 Å². The number of nitrogens with zero attached hydrogens (tertiary/aromatic N) is 2. The van der Waals surface area contributed by atoms with Gasteiger partial charge in [-0.15, -0.1) is 11.8 Å². The van der Waals surface area contributed by atoms with E-state index in [4.69, 9.17) is 4.74 Å². The summed E-state index contributed by atoms with van der Waals surface area (Å²) >= 11 is 3.06.